The number of hydrogen-bond donors (Lipinski definition) is 1. The highest BCUT2D eigenvalue weighted by Crippen LogP contribution is 2.26. The van der Waals surface area contributed by atoms with E-state index in [9.17, 15) is 0 Å². The number of rotatable bonds is 2. The van der Waals surface area contributed by atoms with Crippen LogP contribution < -0.4 is 5.32 Å². The fraction of sp³-hybridized carbons (Fsp3) is 0.353. The standard InChI is InChI=1S/C17H20N2O/c1-12-11-16(7-8-18-12)14-3-5-15(6-4-14)17-13(2)19-9-10-20-17/h3-8,11,13,17,19H,9-10H2,1-2H3/t13-,17+/m0/s1. The smallest absolute Gasteiger partial charge is 0.0975 e. The van der Waals surface area contributed by atoms with Gasteiger partial charge in [0.25, 0.3) is 0 Å². The Hall–Kier alpha value is -1.71. The van der Waals surface area contributed by atoms with E-state index in [1.54, 1.807) is 0 Å². The SMILES string of the molecule is Cc1cc(-c2ccc([C@@H]3OCCN[C@H]3C)cc2)ccn1. The summed E-state index contributed by atoms with van der Waals surface area (Å²) in [5.74, 6) is 0. The van der Waals surface area contributed by atoms with Gasteiger partial charge in [0.1, 0.15) is 0 Å². The summed E-state index contributed by atoms with van der Waals surface area (Å²) in [6.07, 6.45) is 2.01. The highest BCUT2D eigenvalue weighted by atomic mass is 16.5. The van der Waals surface area contributed by atoms with Crippen LogP contribution in [-0.4, -0.2) is 24.2 Å². The Kier molecular flexibility index (Phi) is 3.81. The first-order valence-electron chi connectivity index (χ1n) is 7.12. The monoisotopic (exact) mass is 268 g/mol. The van der Waals surface area contributed by atoms with Crippen molar-refractivity contribution < 1.29 is 4.74 Å². The predicted molar refractivity (Wildman–Crippen MR) is 80.6 cm³/mol. The van der Waals surface area contributed by atoms with E-state index in [0.717, 1.165) is 18.8 Å². The molecule has 1 fully saturated rings. The van der Waals surface area contributed by atoms with Crippen LogP contribution in [-0.2, 0) is 4.74 Å². The molecule has 0 amide bonds. The second-order valence-corrected chi connectivity index (χ2v) is 5.34. The first-order chi connectivity index (χ1) is 9.74. The lowest BCUT2D eigenvalue weighted by Crippen LogP contribution is -2.41. The van der Waals surface area contributed by atoms with Gasteiger partial charge in [0.15, 0.2) is 0 Å². The molecule has 1 aliphatic heterocycles. The van der Waals surface area contributed by atoms with E-state index in [2.05, 4.69) is 47.6 Å². The van der Waals surface area contributed by atoms with Crippen LogP contribution in [0.2, 0.25) is 0 Å². The topological polar surface area (TPSA) is 34.1 Å². The molecule has 3 heteroatoms. The summed E-state index contributed by atoms with van der Waals surface area (Å²) < 4.78 is 5.87. The van der Waals surface area contributed by atoms with Gasteiger partial charge in [-0.3, -0.25) is 4.98 Å². The van der Waals surface area contributed by atoms with Crippen LogP contribution in [0, 0.1) is 6.92 Å². The van der Waals surface area contributed by atoms with Gasteiger partial charge in [0.2, 0.25) is 0 Å². The molecule has 0 saturated carbocycles. The fourth-order valence-electron chi connectivity index (χ4n) is 2.70. The maximum Gasteiger partial charge on any atom is 0.0975 e. The maximum absolute atomic E-state index is 5.87. The largest absolute Gasteiger partial charge is 0.371 e. The van der Waals surface area contributed by atoms with Crippen molar-refractivity contribution in [3.63, 3.8) is 0 Å². The van der Waals surface area contributed by atoms with E-state index >= 15 is 0 Å². The Morgan fingerprint density at radius 1 is 1.15 bits per heavy atom. The summed E-state index contributed by atoms with van der Waals surface area (Å²) in [6, 6.07) is 13.2. The number of aryl methyl sites for hydroxylation is 1. The molecule has 1 saturated heterocycles. The van der Waals surface area contributed by atoms with Gasteiger partial charge in [-0.05, 0) is 42.7 Å². The predicted octanol–water partition coefficient (Wildman–Crippen LogP) is 3.11. The third kappa shape index (κ3) is 2.74. The molecule has 2 aromatic rings. The molecule has 1 N–H and O–H groups in total. The van der Waals surface area contributed by atoms with Crippen molar-refractivity contribution in [2.24, 2.45) is 0 Å². The lowest BCUT2D eigenvalue weighted by molar-refractivity contribution is -0.000215. The molecular formula is C17H20N2O. The van der Waals surface area contributed by atoms with Gasteiger partial charge in [-0.1, -0.05) is 24.3 Å². The number of nitrogens with one attached hydrogen (secondary N) is 1. The van der Waals surface area contributed by atoms with E-state index < -0.39 is 0 Å². The molecule has 3 nitrogen and oxygen atoms in total. The average Bonchev–Trinajstić information content (AvgIpc) is 2.48. The second kappa shape index (κ2) is 5.73. The molecule has 2 heterocycles. The van der Waals surface area contributed by atoms with E-state index in [1.807, 2.05) is 19.2 Å². The molecular weight excluding hydrogens is 248 g/mol. The molecule has 2 atom stereocenters. The number of aromatic nitrogens is 1. The summed E-state index contributed by atoms with van der Waals surface area (Å²) in [7, 11) is 0. The Morgan fingerprint density at radius 3 is 2.65 bits per heavy atom. The Labute approximate surface area is 120 Å². The molecule has 0 bridgehead atoms. The zero-order chi connectivity index (χ0) is 13.9. The van der Waals surface area contributed by atoms with Gasteiger partial charge in [-0.15, -0.1) is 0 Å². The van der Waals surface area contributed by atoms with Crippen LogP contribution in [0.15, 0.2) is 42.6 Å². The molecule has 3 rings (SSSR count). The molecule has 1 aromatic carbocycles. The molecule has 0 spiro atoms. The van der Waals surface area contributed by atoms with Crippen molar-refractivity contribution in [3.05, 3.63) is 53.9 Å². The van der Waals surface area contributed by atoms with Crippen LogP contribution in [0.5, 0.6) is 0 Å². The van der Waals surface area contributed by atoms with Gasteiger partial charge in [-0.25, -0.2) is 0 Å². The lowest BCUT2D eigenvalue weighted by Gasteiger charge is -2.30. The Balaban J connectivity index is 1.84. The minimum absolute atomic E-state index is 0.150. The number of ether oxygens (including phenoxy) is 1. The number of pyridine rings is 1. The van der Waals surface area contributed by atoms with Crippen molar-refractivity contribution >= 4 is 0 Å². The van der Waals surface area contributed by atoms with E-state index in [-0.39, 0.29) is 6.10 Å². The minimum Gasteiger partial charge on any atom is -0.371 e. The second-order valence-electron chi connectivity index (χ2n) is 5.34. The van der Waals surface area contributed by atoms with Gasteiger partial charge in [0, 0.05) is 24.5 Å². The number of nitrogens with zero attached hydrogens (tertiary/aromatic N) is 1. The number of morpholine rings is 1. The highest BCUT2D eigenvalue weighted by Gasteiger charge is 2.22. The van der Waals surface area contributed by atoms with E-state index in [0.29, 0.717) is 6.04 Å². The van der Waals surface area contributed by atoms with Gasteiger partial charge < -0.3 is 10.1 Å². The zero-order valence-electron chi connectivity index (χ0n) is 12.0. The first kappa shape index (κ1) is 13.3. The van der Waals surface area contributed by atoms with Crippen molar-refractivity contribution in [3.8, 4) is 11.1 Å². The Morgan fingerprint density at radius 2 is 1.95 bits per heavy atom. The molecule has 0 unspecified atom stereocenters. The van der Waals surface area contributed by atoms with Gasteiger partial charge in [-0.2, -0.15) is 0 Å². The van der Waals surface area contributed by atoms with Crippen LogP contribution >= 0.6 is 0 Å². The normalized spacial score (nSPS) is 22.7. The average molecular weight is 268 g/mol. The third-order valence-electron chi connectivity index (χ3n) is 3.79. The fourth-order valence-corrected chi connectivity index (χ4v) is 2.70. The van der Waals surface area contributed by atoms with Crippen LogP contribution in [0.4, 0.5) is 0 Å². The number of benzene rings is 1. The van der Waals surface area contributed by atoms with Crippen LogP contribution in [0.25, 0.3) is 11.1 Å². The van der Waals surface area contributed by atoms with Crippen molar-refractivity contribution in [2.75, 3.05) is 13.2 Å². The first-order valence-corrected chi connectivity index (χ1v) is 7.12. The number of hydrogen-bond acceptors (Lipinski definition) is 3. The van der Waals surface area contributed by atoms with E-state index in [1.165, 1.54) is 16.7 Å². The van der Waals surface area contributed by atoms with Crippen molar-refractivity contribution in [1.29, 1.82) is 0 Å². The highest BCUT2D eigenvalue weighted by molar-refractivity contribution is 5.63. The summed E-state index contributed by atoms with van der Waals surface area (Å²) in [5.41, 5.74) is 4.70. The van der Waals surface area contributed by atoms with Crippen LogP contribution in [0.1, 0.15) is 24.3 Å². The quantitative estimate of drug-likeness (QED) is 0.908. The van der Waals surface area contributed by atoms with Crippen LogP contribution in [0.3, 0.4) is 0 Å². The van der Waals surface area contributed by atoms with Gasteiger partial charge >= 0.3 is 0 Å². The zero-order valence-corrected chi connectivity index (χ0v) is 12.0. The minimum atomic E-state index is 0.150. The maximum atomic E-state index is 5.87. The van der Waals surface area contributed by atoms with Crippen molar-refractivity contribution in [2.45, 2.75) is 26.0 Å². The molecule has 1 aliphatic rings. The summed E-state index contributed by atoms with van der Waals surface area (Å²) in [5, 5.41) is 3.45. The Bertz CT molecular complexity index is 580. The lowest BCUT2D eigenvalue weighted by atomic mass is 9.98. The molecule has 1 aromatic heterocycles. The summed E-state index contributed by atoms with van der Waals surface area (Å²) in [4.78, 5) is 4.24. The third-order valence-corrected chi connectivity index (χ3v) is 3.79. The van der Waals surface area contributed by atoms with E-state index in [4.69, 9.17) is 4.74 Å². The van der Waals surface area contributed by atoms with Gasteiger partial charge in [0.05, 0.1) is 12.7 Å². The molecule has 20 heavy (non-hydrogen) atoms. The molecule has 104 valence electrons. The molecule has 0 radical (unpaired) electrons. The summed E-state index contributed by atoms with van der Waals surface area (Å²) >= 11 is 0. The summed E-state index contributed by atoms with van der Waals surface area (Å²) in [6.45, 7) is 5.90. The molecule has 0 aliphatic carbocycles. The van der Waals surface area contributed by atoms with Crippen molar-refractivity contribution in [1.82, 2.24) is 10.3 Å².